The van der Waals surface area contributed by atoms with Gasteiger partial charge in [-0.3, -0.25) is 0 Å². The van der Waals surface area contributed by atoms with Crippen LogP contribution in [0.25, 0.3) is 0 Å². The Kier molecular flexibility index (Phi) is 7.47. The zero-order valence-corrected chi connectivity index (χ0v) is 13.3. The second-order valence-corrected chi connectivity index (χ2v) is 3.89. The first-order chi connectivity index (χ1) is 6.38. The fourth-order valence-electron chi connectivity index (χ4n) is 0.777. The summed E-state index contributed by atoms with van der Waals surface area (Å²) in [5.74, 6) is 0.133. The fourth-order valence-corrected chi connectivity index (χ4v) is 1.57. The minimum atomic E-state index is -4.93. The van der Waals surface area contributed by atoms with E-state index in [9.17, 15) is 12.9 Å². The molecule has 0 heterocycles. The maximum atomic E-state index is 11.8. The van der Waals surface area contributed by atoms with Crippen molar-refractivity contribution in [3.8, 4) is 5.75 Å². The summed E-state index contributed by atoms with van der Waals surface area (Å²) in [5, 5.41) is 0.432. The number of halogens is 5. The normalized spacial score (nSPS) is 10.7. The van der Waals surface area contributed by atoms with Crippen LogP contribution in [-0.4, -0.2) is 13.5 Å². The predicted molar refractivity (Wildman–Crippen MR) is 53.7 cm³/mol. The summed E-state index contributed by atoms with van der Waals surface area (Å²) >= 11 is 8.65. The van der Waals surface area contributed by atoms with E-state index in [2.05, 4.69) is 20.7 Å². The van der Waals surface area contributed by atoms with Crippen molar-refractivity contribution in [1.29, 1.82) is 0 Å². The van der Waals surface area contributed by atoms with Gasteiger partial charge in [-0.2, -0.15) is 0 Å². The van der Waals surface area contributed by atoms with Crippen LogP contribution in [-0.2, 0) is 0 Å². The molecule has 1 aromatic carbocycles. The molecular weight excluding hydrogens is 322 g/mol. The second kappa shape index (κ2) is 6.88. The van der Waals surface area contributed by atoms with E-state index in [0.29, 0.717) is 9.50 Å². The molecule has 1 nitrogen and oxygen atoms in total. The van der Waals surface area contributed by atoms with Gasteiger partial charge in [-0.25, -0.2) is 0 Å². The molecule has 8 heteroatoms. The van der Waals surface area contributed by atoms with Crippen molar-refractivity contribution in [2.45, 2.75) is 0 Å². The van der Waals surface area contributed by atoms with Gasteiger partial charge in [0.05, 0.1) is 11.0 Å². The fraction of sp³-hybridized carbons (Fsp3) is 0.143. The molecule has 15 heavy (non-hydrogen) atoms. The molecule has 0 aliphatic heterocycles. The van der Waals surface area contributed by atoms with Gasteiger partial charge >= 0.3 is 58.4 Å². The van der Waals surface area contributed by atoms with Crippen molar-refractivity contribution >= 4 is 34.5 Å². The molecule has 1 aromatic rings. The van der Waals surface area contributed by atoms with Gasteiger partial charge in [0.15, 0.2) is 0 Å². The Hall–Kier alpha value is 1.28. The molecule has 0 aliphatic carbocycles. The molecular formula is C7H5BBrClF3KO. The number of hydrogen-bond acceptors (Lipinski definition) is 1. The summed E-state index contributed by atoms with van der Waals surface area (Å²) < 4.78 is 40.5. The summed E-state index contributed by atoms with van der Waals surface area (Å²) in [5.41, 5.74) is 0. The molecule has 0 aromatic heterocycles. The molecule has 0 unspecified atom stereocenters. The van der Waals surface area contributed by atoms with Gasteiger partial charge in [0.1, 0.15) is 5.75 Å². The standard InChI is InChI=1S/C7H5BBrClF3O.K/c9-6-3-5(10)1-2-7(6)14-4-8(11,12)13;/h1-3H,4H2;/q-1;+1. The first kappa shape index (κ1) is 16.3. The Labute approximate surface area is 141 Å². The van der Waals surface area contributed by atoms with Gasteiger partial charge in [0.2, 0.25) is 0 Å². The van der Waals surface area contributed by atoms with Gasteiger partial charge < -0.3 is 17.7 Å². The summed E-state index contributed by atoms with van der Waals surface area (Å²) in [7, 11) is 0. The zero-order chi connectivity index (χ0) is 10.8. The summed E-state index contributed by atoms with van der Waals surface area (Å²) in [6.07, 6.45) is 0. The van der Waals surface area contributed by atoms with Crippen LogP contribution >= 0.6 is 27.5 Å². The number of hydrogen-bond donors (Lipinski definition) is 0. The third-order valence-corrected chi connectivity index (χ3v) is 2.18. The van der Waals surface area contributed by atoms with Crippen molar-refractivity contribution in [2.75, 3.05) is 6.51 Å². The van der Waals surface area contributed by atoms with Crippen LogP contribution in [0.15, 0.2) is 22.7 Å². The van der Waals surface area contributed by atoms with Crippen molar-refractivity contribution in [2.24, 2.45) is 0 Å². The van der Waals surface area contributed by atoms with Crippen LogP contribution in [0.1, 0.15) is 0 Å². The first-order valence-electron chi connectivity index (χ1n) is 3.67. The van der Waals surface area contributed by atoms with Crippen LogP contribution in [0.4, 0.5) is 12.9 Å². The van der Waals surface area contributed by atoms with Crippen LogP contribution < -0.4 is 56.1 Å². The van der Waals surface area contributed by atoms with E-state index in [1.807, 2.05) is 0 Å². The molecule has 78 valence electrons. The van der Waals surface area contributed by atoms with E-state index >= 15 is 0 Å². The molecule has 0 aliphatic rings. The first-order valence-corrected chi connectivity index (χ1v) is 4.84. The van der Waals surface area contributed by atoms with Crippen molar-refractivity contribution in [1.82, 2.24) is 0 Å². The number of rotatable bonds is 3. The van der Waals surface area contributed by atoms with Crippen LogP contribution in [0.3, 0.4) is 0 Å². The van der Waals surface area contributed by atoms with Gasteiger partial charge in [0.25, 0.3) is 0 Å². The minimum absolute atomic E-state index is 0. The van der Waals surface area contributed by atoms with E-state index in [4.69, 9.17) is 11.6 Å². The molecule has 0 atom stereocenters. The molecule has 0 bridgehead atoms. The minimum Gasteiger partial charge on any atom is -0.521 e. The average molecular weight is 327 g/mol. The Morgan fingerprint density at radius 1 is 1.33 bits per heavy atom. The monoisotopic (exact) mass is 326 g/mol. The quantitative estimate of drug-likeness (QED) is 0.749. The predicted octanol–water partition coefficient (Wildman–Crippen LogP) is 0.872. The molecule has 0 fully saturated rings. The van der Waals surface area contributed by atoms with E-state index < -0.39 is 13.5 Å². The molecule has 0 N–H and O–H groups in total. The van der Waals surface area contributed by atoms with Crippen molar-refractivity contribution < 1.29 is 69.1 Å². The zero-order valence-electron chi connectivity index (χ0n) is 7.81. The van der Waals surface area contributed by atoms with E-state index in [1.54, 1.807) is 0 Å². The smallest absolute Gasteiger partial charge is 0.521 e. The topological polar surface area (TPSA) is 9.23 Å². The van der Waals surface area contributed by atoms with Crippen molar-refractivity contribution in [3.63, 3.8) is 0 Å². The number of ether oxygens (including phenoxy) is 1. The summed E-state index contributed by atoms with van der Waals surface area (Å²) in [4.78, 5) is 0. The molecule has 0 spiro atoms. The van der Waals surface area contributed by atoms with Gasteiger partial charge in [0, 0.05) is 5.02 Å². The average Bonchev–Trinajstić information content (AvgIpc) is 2.00. The largest absolute Gasteiger partial charge is 1.00 e. The van der Waals surface area contributed by atoms with E-state index in [0.717, 1.165) is 0 Å². The molecule has 1 rings (SSSR count). The van der Waals surface area contributed by atoms with Crippen LogP contribution in [0, 0.1) is 0 Å². The second-order valence-electron chi connectivity index (χ2n) is 2.60. The Bertz CT molecular complexity index is 337. The maximum absolute atomic E-state index is 11.8. The van der Waals surface area contributed by atoms with Gasteiger partial charge in [-0.1, -0.05) is 11.6 Å². The third-order valence-electron chi connectivity index (χ3n) is 1.32. The Balaban J connectivity index is 0.00000196. The Morgan fingerprint density at radius 3 is 2.40 bits per heavy atom. The van der Waals surface area contributed by atoms with Gasteiger partial charge in [-0.05, 0) is 34.1 Å². The third kappa shape index (κ3) is 6.55. The Morgan fingerprint density at radius 2 is 1.93 bits per heavy atom. The van der Waals surface area contributed by atoms with E-state index in [-0.39, 0.29) is 57.1 Å². The molecule has 0 amide bonds. The maximum Gasteiger partial charge on any atom is 1.00 e. The van der Waals surface area contributed by atoms with Gasteiger partial charge in [-0.15, -0.1) is 0 Å². The van der Waals surface area contributed by atoms with Crippen molar-refractivity contribution in [3.05, 3.63) is 27.7 Å². The van der Waals surface area contributed by atoms with Crippen LogP contribution in [0.5, 0.6) is 5.75 Å². The summed E-state index contributed by atoms with van der Waals surface area (Å²) in [6, 6.07) is 4.32. The SMILES string of the molecule is F[B-](F)(F)COc1ccc(Cl)cc1Br.[K+]. The number of benzene rings is 1. The molecule has 0 radical (unpaired) electrons. The summed E-state index contributed by atoms with van der Waals surface area (Å²) in [6.45, 7) is -6.18. The molecule has 0 saturated carbocycles. The molecule has 0 saturated heterocycles. The van der Waals surface area contributed by atoms with E-state index in [1.165, 1.54) is 18.2 Å². The van der Waals surface area contributed by atoms with Crippen LogP contribution in [0.2, 0.25) is 5.02 Å².